The molecule has 1 unspecified atom stereocenters. The first-order valence-corrected chi connectivity index (χ1v) is 8.91. The quantitative estimate of drug-likeness (QED) is 0.649. The number of primary amides is 1. The molecule has 0 radical (unpaired) electrons. The number of H-pyrrole nitrogens is 2. The van der Waals surface area contributed by atoms with Crippen molar-refractivity contribution in [2.75, 3.05) is 13.1 Å². The molecule has 3 aromatic heterocycles. The Morgan fingerprint density at radius 1 is 1.52 bits per heavy atom. The molecule has 0 spiro atoms. The van der Waals surface area contributed by atoms with Crippen LogP contribution in [0.5, 0.6) is 0 Å². The molecule has 0 aliphatic carbocycles. The number of nitrogens with two attached hydrogens (primary N) is 1. The number of amides is 1. The van der Waals surface area contributed by atoms with Crippen LogP contribution in [0.15, 0.2) is 17.1 Å². The van der Waals surface area contributed by atoms with Crippen molar-refractivity contribution in [2.45, 2.75) is 25.8 Å². The molecule has 4 rings (SSSR count). The molecular formula is C16H18N6O2S. The Hall–Kier alpha value is -2.52. The second-order valence-corrected chi connectivity index (χ2v) is 7.33. The molecular weight excluding hydrogens is 340 g/mol. The highest BCUT2D eigenvalue weighted by atomic mass is 32.1. The molecule has 0 bridgehead atoms. The van der Waals surface area contributed by atoms with Crippen LogP contribution in [0, 0.1) is 6.92 Å². The van der Waals surface area contributed by atoms with E-state index in [-0.39, 0.29) is 24.1 Å². The molecule has 9 heteroatoms. The van der Waals surface area contributed by atoms with Crippen molar-refractivity contribution in [3.8, 4) is 10.4 Å². The number of likely N-dealkylation sites (tertiary alicyclic amines) is 1. The normalized spacial score (nSPS) is 18.2. The zero-order valence-electron chi connectivity index (χ0n) is 13.7. The first-order valence-electron chi connectivity index (χ1n) is 8.09. The van der Waals surface area contributed by atoms with Gasteiger partial charge in [0.15, 0.2) is 0 Å². The molecule has 4 N–H and O–H groups in total. The van der Waals surface area contributed by atoms with E-state index < -0.39 is 0 Å². The second-order valence-electron chi connectivity index (χ2n) is 6.28. The average molecular weight is 358 g/mol. The van der Waals surface area contributed by atoms with Gasteiger partial charge in [-0.25, -0.2) is 4.98 Å². The molecule has 1 fully saturated rings. The molecule has 1 aliphatic rings. The number of fused-ring (bicyclic) bond motifs is 1. The van der Waals surface area contributed by atoms with Crippen molar-refractivity contribution in [3.63, 3.8) is 0 Å². The maximum Gasteiger partial charge on any atom is 0.268 e. The summed E-state index contributed by atoms with van der Waals surface area (Å²) in [5, 5.41) is 6.94. The number of hydrogen-bond acceptors (Lipinski definition) is 6. The third-order valence-electron chi connectivity index (χ3n) is 4.53. The maximum absolute atomic E-state index is 12.5. The number of carbonyl (C=O) groups excluding carboxylic acids is 1. The number of aryl methyl sites for hydroxylation is 1. The number of rotatable bonds is 4. The van der Waals surface area contributed by atoms with Crippen LogP contribution in [0.25, 0.3) is 20.7 Å². The molecule has 1 atom stereocenters. The van der Waals surface area contributed by atoms with E-state index in [4.69, 9.17) is 5.73 Å². The predicted molar refractivity (Wildman–Crippen MR) is 95.3 cm³/mol. The summed E-state index contributed by atoms with van der Waals surface area (Å²) in [5.41, 5.74) is 7.77. The lowest BCUT2D eigenvalue weighted by Crippen LogP contribution is -2.34. The second kappa shape index (κ2) is 6.08. The summed E-state index contributed by atoms with van der Waals surface area (Å²) < 4.78 is 0.596. The zero-order chi connectivity index (χ0) is 17.6. The molecule has 1 aliphatic heterocycles. The van der Waals surface area contributed by atoms with Gasteiger partial charge in [-0.05, 0) is 32.4 Å². The number of nitrogens with one attached hydrogen (secondary N) is 2. The Morgan fingerprint density at radius 3 is 3.08 bits per heavy atom. The van der Waals surface area contributed by atoms with Gasteiger partial charge >= 0.3 is 0 Å². The van der Waals surface area contributed by atoms with E-state index >= 15 is 0 Å². The molecule has 8 nitrogen and oxygen atoms in total. The van der Waals surface area contributed by atoms with E-state index in [1.807, 2.05) is 17.9 Å². The van der Waals surface area contributed by atoms with Gasteiger partial charge in [0.05, 0.1) is 24.3 Å². The van der Waals surface area contributed by atoms with Crippen LogP contribution in [-0.4, -0.2) is 44.1 Å². The summed E-state index contributed by atoms with van der Waals surface area (Å²) in [5.74, 6) is 0.230. The van der Waals surface area contributed by atoms with Crippen molar-refractivity contribution in [1.29, 1.82) is 0 Å². The first-order chi connectivity index (χ1) is 12.0. The molecule has 130 valence electrons. The first kappa shape index (κ1) is 16.0. The van der Waals surface area contributed by atoms with Crippen molar-refractivity contribution >= 4 is 27.5 Å². The SMILES string of the molecule is Cc1[nH]ncc1-c1cc2nc(C3CCCN3CC(N)=O)[nH]c(=O)c2s1. The summed E-state index contributed by atoms with van der Waals surface area (Å²) in [6.45, 7) is 2.89. The summed E-state index contributed by atoms with van der Waals surface area (Å²) in [6.07, 6.45) is 3.54. The van der Waals surface area contributed by atoms with Gasteiger partial charge in [0.2, 0.25) is 5.91 Å². The van der Waals surface area contributed by atoms with Gasteiger partial charge in [-0.2, -0.15) is 5.10 Å². The van der Waals surface area contributed by atoms with Crippen LogP contribution in [0.3, 0.4) is 0 Å². The molecule has 1 amide bonds. The minimum atomic E-state index is -0.372. The number of hydrogen-bond donors (Lipinski definition) is 3. The largest absolute Gasteiger partial charge is 0.369 e. The third-order valence-corrected chi connectivity index (χ3v) is 5.69. The van der Waals surface area contributed by atoms with Crippen LogP contribution in [-0.2, 0) is 4.79 Å². The standard InChI is InChI=1S/C16H18N6O2S/c1-8-9(6-18-21-8)12-5-10-14(25-12)16(24)20-15(19-10)11-3-2-4-22(11)7-13(17)23/h5-6,11H,2-4,7H2,1H3,(H2,17,23)(H,18,21)(H,19,20,24). The summed E-state index contributed by atoms with van der Waals surface area (Å²) in [6, 6.07) is 1.84. The Balaban J connectivity index is 1.76. The van der Waals surface area contributed by atoms with Crippen LogP contribution in [0.1, 0.15) is 30.4 Å². The smallest absolute Gasteiger partial charge is 0.268 e. The Bertz CT molecular complexity index is 1000. The van der Waals surface area contributed by atoms with E-state index in [1.165, 1.54) is 11.3 Å². The topological polar surface area (TPSA) is 121 Å². The predicted octanol–water partition coefficient (Wildman–Crippen LogP) is 1.31. The third kappa shape index (κ3) is 2.85. The van der Waals surface area contributed by atoms with Crippen molar-refractivity contribution in [2.24, 2.45) is 5.73 Å². The highest BCUT2D eigenvalue weighted by Gasteiger charge is 2.29. The van der Waals surface area contributed by atoms with E-state index in [1.54, 1.807) is 6.20 Å². The van der Waals surface area contributed by atoms with Crippen LogP contribution >= 0.6 is 11.3 Å². The molecule has 25 heavy (non-hydrogen) atoms. The van der Waals surface area contributed by atoms with Gasteiger partial charge in [-0.3, -0.25) is 19.6 Å². The molecule has 0 saturated carbocycles. The zero-order valence-corrected chi connectivity index (χ0v) is 14.5. The molecule has 3 aromatic rings. The van der Waals surface area contributed by atoms with E-state index in [2.05, 4.69) is 20.2 Å². The van der Waals surface area contributed by atoms with Crippen molar-refractivity contribution < 1.29 is 4.79 Å². The number of carbonyl (C=O) groups is 1. The van der Waals surface area contributed by atoms with Gasteiger partial charge in [-0.1, -0.05) is 0 Å². The van der Waals surface area contributed by atoms with E-state index in [0.717, 1.165) is 35.5 Å². The van der Waals surface area contributed by atoms with Gasteiger partial charge in [0.1, 0.15) is 10.5 Å². The number of aromatic amines is 2. The van der Waals surface area contributed by atoms with Crippen LogP contribution in [0.2, 0.25) is 0 Å². The number of thiophene rings is 1. The monoisotopic (exact) mass is 358 g/mol. The van der Waals surface area contributed by atoms with E-state index in [0.29, 0.717) is 16.0 Å². The highest BCUT2D eigenvalue weighted by molar-refractivity contribution is 7.22. The van der Waals surface area contributed by atoms with Crippen LogP contribution in [0.4, 0.5) is 0 Å². The highest BCUT2D eigenvalue weighted by Crippen LogP contribution is 2.34. The minimum Gasteiger partial charge on any atom is -0.369 e. The van der Waals surface area contributed by atoms with E-state index in [9.17, 15) is 9.59 Å². The maximum atomic E-state index is 12.5. The van der Waals surface area contributed by atoms with Crippen molar-refractivity contribution in [1.82, 2.24) is 25.1 Å². The van der Waals surface area contributed by atoms with Crippen molar-refractivity contribution in [3.05, 3.63) is 34.1 Å². The Morgan fingerprint density at radius 2 is 2.36 bits per heavy atom. The summed E-state index contributed by atoms with van der Waals surface area (Å²) >= 11 is 1.40. The minimum absolute atomic E-state index is 0.0800. The van der Waals surface area contributed by atoms with Gasteiger partial charge < -0.3 is 10.7 Å². The lowest BCUT2D eigenvalue weighted by Gasteiger charge is -2.21. The Labute approximate surface area is 147 Å². The lowest BCUT2D eigenvalue weighted by molar-refractivity contribution is -0.119. The molecule has 1 saturated heterocycles. The average Bonchev–Trinajstić information content (AvgIpc) is 3.25. The number of aromatic nitrogens is 4. The number of nitrogens with zero attached hydrogens (tertiary/aromatic N) is 3. The van der Waals surface area contributed by atoms with Crippen LogP contribution < -0.4 is 11.3 Å². The van der Waals surface area contributed by atoms with Gasteiger partial charge in [0, 0.05) is 16.1 Å². The lowest BCUT2D eigenvalue weighted by atomic mass is 10.2. The fraction of sp³-hybridized carbons (Fsp3) is 0.375. The fourth-order valence-corrected chi connectivity index (χ4v) is 4.43. The Kier molecular flexibility index (Phi) is 3.89. The molecule has 0 aromatic carbocycles. The van der Waals surface area contributed by atoms with Gasteiger partial charge in [0.25, 0.3) is 5.56 Å². The van der Waals surface area contributed by atoms with Gasteiger partial charge in [-0.15, -0.1) is 11.3 Å². The molecule has 4 heterocycles. The summed E-state index contributed by atoms with van der Waals surface area (Å²) in [7, 11) is 0. The fourth-order valence-electron chi connectivity index (χ4n) is 3.37. The summed E-state index contributed by atoms with van der Waals surface area (Å²) in [4.78, 5) is 34.3.